The first-order chi connectivity index (χ1) is 13.7. The van der Waals surface area contributed by atoms with E-state index in [2.05, 4.69) is 15.1 Å². The van der Waals surface area contributed by atoms with Crippen LogP contribution in [0.5, 0.6) is 0 Å². The molecule has 2 heterocycles. The van der Waals surface area contributed by atoms with E-state index in [1.165, 1.54) is 28.8 Å². The first-order valence-electron chi connectivity index (χ1n) is 8.47. The van der Waals surface area contributed by atoms with Crippen LogP contribution in [0.4, 0.5) is 13.2 Å². The average Bonchev–Trinajstić information content (AvgIpc) is 3.07. The molecule has 3 aromatic rings. The molecule has 0 saturated heterocycles. The fourth-order valence-corrected chi connectivity index (χ4v) is 3.09. The third kappa shape index (κ3) is 4.24. The van der Waals surface area contributed by atoms with Crippen molar-refractivity contribution in [3.8, 4) is 0 Å². The lowest BCUT2D eigenvalue weighted by atomic mass is 9.79. The van der Waals surface area contributed by atoms with Crippen LogP contribution >= 0.6 is 0 Å². The lowest BCUT2D eigenvalue weighted by Gasteiger charge is -2.32. The zero-order valence-corrected chi connectivity index (χ0v) is 15.2. The highest BCUT2D eigenvalue weighted by Crippen LogP contribution is 2.39. The van der Waals surface area contributed by atoms with Crippen molar-refractivity contribution in [1.82, 2.24) is 19.7 Å². The van der Waals surface area contributed by atoms with Crippen LogP contribution in [0.25, 0.3) is 0 Å². The summed E-state index contributed by atoms with van der Waals surface area (Å²) >= 11 is 0. The number of aromatic nitrogens is 5. The van der Waals surface area contributed by atoms with Crippen molar-refractivity contribution in [2.24, 2.45) is 0 Å². The first kappa shape index (κ1) is 20.4. The summed E-state index contributed by atoms with van der Waals surface area (Å²) in [6.45, 7) is 0.676. The Kier molecular flexibility index (Phi) is 5.59. The van der Waals surface area contributed by atoms with Crippen LogP contribution in [-0.4, -0.2) is 35.9 Å². The van der Waals surface area contributed by atoms with Crippen molar-refractivity contribution < 1.29 is 32.7 Å². The molecule has 11 heteroatoms. The van der Waals surface area contributed by atoms with Crippen LogP contribution in [0.1, 0.15) is 24.1 Å². The summed E-state index contributed by atoms with van der Waals surface area (Å²) < 4.78 is 44.6. The molecule has 0 aliphatic rings. The molecule has 0 saturated carbocycles. The number of hydrogen-bond donors (Lipinski definition) is 2. The molecule has 152 valence electrons. The van der Waals surface area contributed by atoms with E-state index in [-0.39, 0.29) is 24.3 Å². The summed E-state index contributed by atoms with van der Waals surface area (Å²) in [7, 11) is 0. The van der Waals surface area contributed by atoms with Crippen LogP contribution in [-0.2, 0) is 23.5 Å². The minimum Gasteiger partial charge on any atom is -0.479 e. The summed E-state index contributed by atoms with van der Waals surface area (Å²) in [4.78, 5) is 18.3. The van der Waals surface area contributed by atoms with Gasteiger partial charge in [0.05, 0.1) is 11.9 Å². The van der Waals surface area contributed by atoms with Crippen LogP contribution in [0, 0.1) is 17.5 Å². The van der Waals surface area contributed by atoms with Gasteiger partial charge in [0.2, 0.25) is 6.33 Å². The van der Waals surface area contributed by atoms with Gasteiger partial charge in [-0.25, -0.2) is 32.5 Å². The van der Waals surface area contributed by atoms with Gasteiger partial charge in [-0.2, -0.15) is 0 Å². The van der Waals surface area contributed by atoms with Crippen LogP contribution in [0.3, 0.4) is 0 Å². The Hall–Kier alpha value is -3.34. The molecule has 0 fully saturated rings. The number of carboxylic acid groups (broad SMARTS) is 1. The predicted molar refractivity (Wildman–Crippen MR) is 90.7 cm³/mol. The molecule has 3 rings (SSSR count). The van der Waals surface area contributed by atoms with E-state index in [9.17, 15) is 23.1 Å². The number of halogens is 3. The highest BCUT2D eigenvalue weighted by atomic mass is 19.1. The molecule has 8 nitrogen and oxygen atoms in total. The maximum Gasteiger partial charge on any atom is 0.338 e. The molecule has 0 amide bonds. The molecular weight excluding hydrogens is 391 g/mol. The fourth-order valence-electron chi connectivity index (χ4n) is 3.09. The van der Waals surface area contributed by atoms with Crippen molar-refractivity contribution in [2.75, 3.05) is 0 Å². The van der Waals surface area contributed by atoms with Crippen molar-refractivity contribution in [3.05, 3.63) is 72.1 Å². The summed E-state index contributed by atoms with van der Waals surface area (Å²) in [6.07, 6.45) is 4.51. The molecule has 0 bridgehead atoms. The second kappa shape index (κ2) is 7.95. The van der Waals surface area contributed by atoms with Crippen molar-refractivity contribution >= 4 is 5.97 Å². The highest BCUT2D eigenvalue weighted by Gasteiger charge is 2.43. The highest BCUT2D eigenvalue weighted by molar-refractivity contribution is 5.64. The predicted octanol–water partition coefficient (Wildman–Crippen LogP) is 1.15. The molecule has 0 aliphatic heterocycles. The minimum atomic E-state index is -2.10. The Morgan fingerprint density at radius 1 is 1.31 bits per heavy atom. The molecule has 0 aliphatic carbocycles. The SMILES string of the molecule is C[C@@H](c1ncncc1F)[C@](O)(Cn1c[n+](CC(=O)O)cn1)c1ccc(F)cc1F. The monoisotopic (exact) mass is 408 g/mol. The molecule has 1 aromatic carbocycles. The lowest BCUT2D eigenvalue weighted by molar-refractivity contribution is -0.686. The normalized spacial score (nSPS) is 14.4. The Balaban J connectivity index is 2.07. The van der Waals surface area contributed by atoms with Crippen LogP contribution in [0.2, 0.25) is 0 Å². The number of hydrogen-bond acceptors (Lipinski definition) is 5. The third-order valence-electron chi connectivity index (χ3n) is 4.57. The Morgan fingerprint density at radius 3 is 2.72 bits per heavy atom. The van der Waals surface area contributed by atoms with Crippen LogP contribution < -0.4 is 4.57 Å². The van der Waals surface area contributed by atoms with Gasteiger partial charge in [0, 0.05) is 22.6 Å². The molecule has 29 heavy (non-hydrogen) atoms. The lowest BCUT2D eigenvalue weighted by Crippen LogP contribution is -2.40. The van der Waals surface area contributed by atoms with E-state index >= 15 is 0 Å². The Morgan fingerprint density at radius 2 is 2.07 bits per heavy atom. The number of nitrogens with zero attached hydrogens (tertiary/aromatic N) is 5. The second-order valence-electron chi connectivity index (χ2n) is 6.54. The van der Waals surface area contributed by atoms with E-state index in [4.69, 9.17) is 5.11 Å². The molecule has 0 radical (unpaired) electrons. The van der Waals surface area contributed by atoms with E-state index in [1.807, 2.05) is 0 Å². The fraction of sp³-hybridized carbons (Fsp3) is 0.278. The molecule has 2 atom stereocenters. The smallest absolute Gasteiger partial charge is 0.338 e. The Labute approximate surface area is 162 Å². The number of carbonyl (C=O) groups is 1. The third-order valence-corrected chi connectivity index (χ3v) is 4.57. The van der Waals surface area contributed by atoms with Gasteiger partial charge in [-0.15, -0.1) is 4.68 Å². The van der Waals surface area contributed by atoms with Gasteiger partial charge in [-0.05, 0) is 6.07 Å². The summed E-state index contributed by atoms with van der Waals surface area (Å²) in [5.41, 5.74) is -2.55. The van der Waals surface area contributed by atoms with E-state index in [1.54, 1.807) is 0 Å². The maximum absolute atomic E-state index is 14.6. The summed E-state index contributed by atoms with van der Waals surface area (Å²) in [6, 6.07) is 2.65. The topological polar surface area (TPSA) is 105 Å². The summed E-state index contributed by atoms with van der Waals surface area (Å²) in [5, 5.41) is 24.3. The van der Waals surface area contributed by atoms with E-state index < -0.39 is 34.9 Å². The van der Waals surface area contributed by atoms with Gasteiger partial charge < -0.3 is 10.2 Å². The van der Waals surface area contributed by atoms with Gasteiger partial charge in [0.1, 0.15) is 30.1 Å². The summed E-state index contributed by atoms with van der Waals surface area (Å²) in [5.74, 6) is -4.87. The maximum atomic E-state index is 14.6. The van der Waals surface area contributed by atoms with Gasteiger partial charge >= 0.3 is 5.97 Å². The molecule has 0 spiro atoms. The number of aliphatic carboxylic acids is 1. The molecule has 2 N–H and O–H groups in total. The minimum absolute atomic E-state index is 0.170. The first-order valence-corrected chi connectivity index (χ1v) is 8.47. The van der Waals surface area contributed by atoms with Gasteiger partial charge in [0.15, 0.2) is 12.4 Å². The zero-order chi connectivity index (χ0) is 21.2. The number of carboxylic acids is 1. The molecule has 0 unspecified atom stereocenters. The molecule has 2 aromatic heterocycles. The van der Waals surface area contributed by atoms with Crippen molar-refractivity contribution in [1.29, 1.82) is 0 Å². The van der Waals surface area contributed by atoms with Gasteiger partial charge in [-0.3, -0.25) is 0 Å². The van der Waals surface area contributed by atoms with Crippen LogP contribution in [0.15, 0.2) is 43.4 Å². The standard InChI is InChI=1S/C18H16F3N5O3/c1-11(17-15(21)5-22-8-23-17)18(29,13-3-2-12(19)4-14(13)20)7-26-10-25(9-24-26)6-16(27)28/h2-5,8-11,29H,6-7H2,1H3/p+1/t11-,18+/m0/s1. The number of aliphatic hydroxyl groups is 1. The number of rotatable bonds is 7. The largest absolute Gasteiger partial charge is 0.479 e. The zero-order valence-electron chi connectivity index (χ0n) is 15.2. The molecular formula is C18H17F3N5O3+. The quantitative estimate of drug-likeness (QED) is 0.569. The van der Waals surface area contributed by atoms with Crippen molar-refractivity contribution in [2.45, 2.75) is 31.5 Å². The average molecular weight is 408 g/mol. The van der Waals surface area contributed by atoms with E-state index in [0.29, 0.717) is 6.07 Å². The van der Waals surface area contributed by atoms with Crippen molar-refractivity contribution in [3.63, 3.8) is 0 Å². The van der Waals surface area contributed by atoms with E-state index in [0.717, 1.165) is 24.7 Å². The van der Waals surface area contributed by atoms with Gasteiger partial charge in [0.25, 0.3) is 6.33 Å². The number of benzene rings is 1. The second-order valence-corrected chi connectivity index (χ2v) is 6.54. The Bertz CT molecular complexity index is 1050. The van der Waals surface area contributed by atoms with Gasteiger partial charge in [-0.1, -0.05) is 13.0 Å².